The summed E-state index contributed by atoms with van der Waals surface area (Å²) in [5.74, 6) is -0.0229. The van der Waals surface area contributed by atoms with Crippen molar-refractivity contribution in [3.05, 3.63) is 66.3 Å². The van der Waals surface area contributed by atoms with E-state index >= 15 is 0 Å². The number of fused-ring (bicyclic) bond motifs is 1. The Morgan fingerprint density at radius 1 is 0.881 bits per heavy atom. The second-order valence-corrected chi connectivity index (χ2v) is 10.6. The van der Waals surface area contributed by atoms with Gasteiger partial charge in [0.2, 0.25) is 17.7 Å². The molecule has 0 bridgehead atoms. The van der Waals surface area contributed by atoms with E-state index in [0.29, 0.717) is 37.6 Å². The van der Waals surface area contributed by atoms with E-state index in [9.17, 15) is 19.2 Å². The number of aromatic nitrogens is 4. The molecule has 4 aromatic rings. The third kappa shape index (κ3) is 8.61. The fourth-order valence-electron chi connectivity index (χ4n) is 4.25. The number of carbonyl (C=O) groups is 4. The van der Waals surface area contributed by atoms with Crippen LogP contribution in [0.3, 0.4) is 0 Å². The molecule has 2 N–H and O–H groups in total. The summed E-state index contributed by atoms with van der Waals surface area (Å²) in [7, 11) is 0. The summed E-state index contributed by atoms with van der Waals surface area (Å²) < 4.78 is 0. The first-order valence-electron chi connectivity index (χ1n) is 13.5. The van der Waals surface area contributed by atoms with E-state index in [1.165, 1.54) is 18.0 Å². The lowest BCUT2D eigenvalue weighted by atomic mass is 10.2. The Bertz CT molecular complexity index is 1520. The number of hydrogen-bond acceptors (Lipinski definition) is 10. The van der Waals surface area contributed by atoms with Gasteiger partial charge in [0.25, 0.3) is 0 Å². The van der Waals surface area contributed by atoms with Crippen LogP contribution in [0.5, 0.6) is 0 Å². The van der Waals surface area contributed by atoms with Gasteiger partial charge in [0.15, 0.2) is 0 Å². The molecule has 218 valence electrons. The number of pyridine rings is 2. The Morgan fingerprint density at radius 3 is 2.05 bits per heavy atom. The van der Waals surface area contributed by atoms with Crippen molar-refractivity contribution in [3.63, 3.8) is 0 Å². The Hall–Kier alpha value is -4.78. The maximum atomic E-state index is 12.5. The van der Waals surface area contributed by atoms with Crippen LogP contribution in [0.4, 0.5) is 17.2 Å². The maximum Gasteiger partial charge on any atom is 0.233 e. The van der Waals surface area contributed by atoms with Crippen LogP contribution in [-0.4, -0.2) is 74.5 Å². The van der Waals surface area contributed by atoms with Crippen LogP contribution in [0.2, 0.25) is 0 Å². The minimum Gasteiger partial charge on any atom is -0.352 e. The van der Waals surface area contributed by atoms with Gasteiger partial charge in [0.1, 0.15) is 29.2 Å². The van der Waals surface area contributed by atoms with Crippen LogP contribution in [0.15, 0.2) is 61.4 Å². The number of thiophene rings is 1. The van der Waals surface area contributed by atoms with Crippen LogP contribution in [0.25, 0.3) is 10.2 Å². The number of nitrogens with zero attached hydrogens (tertiary/aromatic N) is 6. The lowest BCUT2D eigenvalue weighted by Crippen LogP contribution is -2.49. The van der Waals surface area contributed by atoms with E-state index in [2.05, 4.69) is 48.5 Å². The van der Waals surface area contributed by atoms with Gasteiger partial charge in [0.05, 0.1) is 35.6 Å². The number of nitrogens with one attached hydrogen (secondary N) is 2. The Labute approximate surface area is 247 Å². The highest BCUT2D eigenvalue weighted by atomic mass is 32.1. The minimum atomic E-state index is -0.326. The molecule has 3 amide bonds. The second-order valence-electron chi connectivity index (χ2n) is 9.49. The first-order chi connectivity index (χ1) is 20.3. The monoisotopic (exact) mass is 588 g/mol. The molecule has 0 aliphatic carbocycles. The predicted octanol–water partition coefficient (Wildman–Crippen LogP) is 3.33. The van der Waals surface area contributed by atoms with E-state index in [1.807, 2.05) is 0 Å². The molecule has 5 rings (SSSR count). The third-order valence-corrected chi connectivity index (χ3v) is 7.44. The van der Waals surface area contributed by atoms with Gasteiger partial charge in [0, 0.05) is 43.4 Å². The van der Waals surface area contributed by atoms with E-state index < -0.39 is 0 Å². The summed E-state index contributed by atoms with van der Waals surface area (Å²) in [6.07, 6.45) is 8.64. The zero-order chi connectivity index (χ0) is 29.9. The van der Waals surface area contributed by atoms with Crippen molar-refractivity contribution in [1.82, 2.24) is 24.8 Å². The molecule has 0 atom stereocenters. The number of aryl methyl sites for hydroxylation is 1. The van der Waals surface area contributed by atoms with Crippen molar-refractivity contribution in [2.45, 2.75) is 33.1 Å². The molecule has 4 aromatic heterocycles. The molecular formula is C29H32N8O4S. The molecule has 0 unspecified atom stereocenters. The smallest absolute Gasteiger partial charge is 0.233 e. The van der Waals surface area contributed by atoms with Gasteiger partial charge in [-0.3, -0.25) is 29.1 Å². The number of rotatable bonds is 8. The Kier molecular flexibility index (Phi) is 10.6. The van der Waals surface area contributed by atoms with Crippen molar-refractivity contribution in [2.24, 2.45) is 0 Å². The summed E-state index contributed by atoms with van der Waals surface area (Å²) in [5.41, 5.74) is 1.19. The average Bonchev–Trinajstić information content (AvgIpc) is 3.42. The van der Waals surface area contributed by atoms with Gasteiger partial charge in [-0.2, -0.15) is 0 Å². The van der Waals surface area contributed by atoms with E-state index in [1.54, 1.807) is 65.4 Å². The summed E-state index contributed by atoms with van der Waals surface area (Å²) in [6.45, 7) is 6.00. The SMILES string of the molecule is CC(=O)CC(=O)Nc1cccnc1.CCc1cc2c(N3CCN(C(=O)CC(=O)Nc4cccnc4)CC3)ncnc2s1. The van der Waals surface area contributed by atoms with Crippen LogP contribution < -0.4 is 15.5 Å². The molecule has 0 spiro atoms. The lowest BCUT2D eigenvalue weighted by Gasteiger charge is -2.35. The van der Waals surface area contributed by atoms with E-state index in [0.717, 1.165) is 22.5 Å². The molecule has 13 heteroatoms. The number of ketones is 1. The standard InChI is InChI=1S/C20H22N6O2S.C9H10N2O2/c1-2-15-10-16-19(22-13-23-20(16)29-15)26-8-6-25(7-9-26)18(28)11-17(27)24-14-4-3-5-21-12-14;1-7(12)5-9(13)11-8-3-2-4-10-6-8/h3-5,10,12-13H,2,6-9,11H2,1H3,(H,24,27);2-4,6H,5H2,1H3,(H,11,13). The third-order valence-electron chi connectivity index (χ3n) is 6.25. The molecule has 1 saturated heterocycles. The van der Waals surface area contributed by atoms with Crippen LogP contribution >= 0.6 is 11.3 Å². The number of carbonyl (C=O) groups excluding carboxylic acids is 4. The molecule has 1 fully saturated rings. The number of anilines is 3. The highest BCUT2D eigenvalue weighted by molar-refractivity contribution is 7.18. The number of amides is 3. The van der Waals surface area contributed by atoms with Crippen LogP contribution in [0, 0.1) is 0 Å². The fourth-order valence-corrected chi connectivity index (χ4v) is 5.18. The van der Waals surface area contributed by atoms with Crippen molar-refractivity contribution in [2.75, 3.05) is 41.7 Å². The van der Waals surface area contributed by atoms with Crippen LogP contribution in [0.1, 0.15) is 31.6 Å². The van der Waals surface area contributed by atoms with E-state index in [4.69, 9.17) is 0 Å². The van der Waals surface area contributed by atoms with Gasteiger partial charge in [-0.15, -0.1) is 11.3 Å². The molecule has 42 heavy (non-hydrogen) atoms. The summed E-state index contributed by atoms with van der Waals surface area (Å²) in [4.78, 5) is 69.1. The molecular weight excluding hydrogens is 556 g/mol. The Morgan fingerprint density at radius 2 is 1.50 bits per heavy atom. The number of piperazine rings is 1. The second kappa shape index (κ2) is 14.7. The average molecular weight is 589 g/mol. The first kappa shape index (κ1) is 30.2. The quantitative estimate of drug-likeness (QED) is 0.296. The molecule has 0 radical (unpaired) electrons. The largest absolute Gasteiger partial charge is 0.352 e. The molecule has 12 nitrogen and oxygen atoms in total. The summed E-state index contributed by atoms with van der Waals surface area (Å²) >= 11 is 1.70. The predicted molar refractivity (Wildman–Crippen MR) is 161 cm³/mol. The topological polar surface area (TPSA) is 150 Å². The normalized spacial score (nSPS) is 12.7. The summed E-state index contributed by atoms with van der Waals surface area (Å²) in [6, 6.07) is 9.06. The van der Waals surface area contributed by atoms with Gasteiger partial charge in [-0.1, -0.05) is 6.92 Å². The van der Waals surface area contributed by atoms with Gasteiger partial charge >= 0.3 is 0 Å². The van der Waals surface area contributed by atoms with Gasteiger partial charge in [-0.25, -0.2) is 9.97 Å². The van der Waals surface area contributed by atoms with Crippen molar-refractivity contribution in [1.29, 1.82) is 0 Å². The molecule has 1 aliphatic heterocycles. The number of Topliss-reactive ketones (excluding diaryl/α,β-unsaturated/α-hetero) is 1. The fraction of sp³-hybridized carbons (Fsp3) is 0.310. The van der Waals surface area contributed by atoms with E-state index in [-0.39, 0.29) is 36.3 Å². The van der Waals surface area contributed by atoms with Gasteiger partial charge < -0.3 is 20.4 Å². The molecule has 0 saturated carbocycles. The Balaban J connectivity index is 0.000000262. The molecule has 1 aliphatic rings. The maximum absolute atomic E-state index is 12.5. The van der Waals surface area contributed by atoms with Crippen molar-refractivity contribution in [3.8, 4) is 0 Å². The molecule has 5 heterocycles. The van der Waals surface area contributed by atoms with Crippen LogP contribution in [-0.2, 0) is 25.6 Å². The van der Waals surface area contributed by atoms with Crippen molar-refractivity contribution < 1.29 is 19.2 Å². The van der Waals surface area contributed by atoms with Crippen molar-refractivity contribution >= 4 is 62.3 Å². The lowest BCUT2D eigenvalue weighted by molar-refractivity contribution is -0.135. The zero-order valence-electron chi connectivity index (χ0n) is 23.4. The highest BCUT2D eigenvalue weighted by Gasteiger charge is 2.25. The first-order valence-corrected chi connectivity index (χ1v) is 14.3. The highest BCUT2D eigenvalue weighted by Crippen LogP contribution is 2.31. The molecule has 0 aromatic carbocycles. The van der Waals surface area contributed by atoms with Gasteiger partial charge in [-0.05, 0) is 43.7 Å². The zero-order valence-corrected chi connectivity index (χ0v) is 24.3. The number of hydrogen-bond donors (Lipinski definition) is 2. The summed E-state index contributed by atoms with van der Waals surface area (Å²) in [5, 5.41) is 6.32. The minimum absolute atomic E-state index is 0.0884.